The summed E-state index contributed by atoms with van der Waals surface area (Å²) in [6, 6.07) is 8.98. The van der Waals surface area contributed by atoms with Crippen LogP contribution in [0.3, 0.4) is 0 Å². The Kier molecular flexibility index (Phi) is 7.43. The third kappa shape index (κ3) is 5.60. The Hall–Kier alpha value is -4.81. The van der Waals surface area contributed by atoms with Crippen molar-refractivity contribution in [1.29, 1.82) is 0 Å². The maximum atomic E-state index is 13.6. The van der Waals surface area contributed by atoms with Crippen LogP contribution in [-0.4, -0.2) is 49.6 Å². The fraction of sp³-hybridized carbons (Fsp3) is 0.250. The molecule has 1 saturated heterocycles. The number of aromatic nitrogens is 4. The molecule has 9 nitrogen and oxygen atoms in total. The molecule has 2 aromatic carbocycles. The predicted molar refractivity (Wildman–Crippen MR) is 143 cm³/mol. The Bertz CT molecular complexity index is 1630. The molecule has 2 aromatic heterocycles. The van der Waals surface area contributed by atoms with Crippen molar-refractivity contribution < 1.29 is 27.2 Å². The van der Waals surface area contributed by atoms with Gasteiger partial charge in [-0.05, 0) is 42.7 Å². The van der Waals surface area contributed by atoms with Crippen LogP contribution in [0.15, 0.2) is 61.4 Å². The number of alkyl halides is 3. The minimum atomic E-state index is -4.92. The summed E-state index contributed by atoms with van der Waals surface area (Å²) in [6.45, 7) is 4.67. The summed E-state index contributed by atoms with van der Waals surface area (Å²) < 4.78 is 54.3. The number of fused-ring (bicyclic) bond motifs is 1. The lowest BCUT2D eigenvalue weighted by atomic mass is 10.1. The zero-order valence-corrected chi connectivity index (χ0v) is 21.7. The molecule has 41 heavy (non-hydrogen) atoms. The maximum absolute atomic E-state index is 13.6. The maximum Gasteiger partial charge on any atom is 0.419 e. The fourth-order valence-corrected chi connectivity index (χ4v) is 4.88. The zero-order chi connectivity index (χ0) is 29.3. The molecule has 1 fully saturated rings. The number of hydrogen-bond donors (Lipinski definition) is 2. The number of nitrogens with two attached hydrogens (primary N) is 1. The van der Waals surface area contributed by atoms with Crippen LogP contribution in [0, 0.1) is 5.82 Å². The molecular formula is C28H25F4N7O2. The highest BCUT2D eigenvalue weighted by molar-refractivity contribution is 5.98. The lowest BCUT2D eigenvalue weighted by Gasteiger charge is -2.32. The van der Waals surface area contributed by atoms with E-state index in [0.29, 0.717) is 53.1 Å². The number of nitrogens with one attached hydrogen (secondary N) is 1. The number of carbonyl (C=O) groups excluding carboxylic acids is 2. The van der Waals surface area contributed by atoms with Crippen LogP contribution in [0.2, 0.25) is 0 Å². The number of likely N-dealkylation sites (tertiary alicyclic amines) is 1. The number of anilines is 1. The van der Waals surface area contributed by atoms with E-state index in [4.69, 9.17) is 10.8 Å². The molecule has 0 aliphatic carbocycles. The molecule has 212 valence electrons. The number of amides is 2. The summed E-state index contributed by atoms with van der Waals surface area (Å²) in [5.74, 6) is -2.12. The van der Waals surface area contributed by atoms with E-state index in [9.17, 15) is 27.2 Å². The first-order valence-corrected chi connectivity index (χ1v) is 12.7. The van der Waals surface area contributed by atoms with Gasteiger partial charge in [0.05, 0.1) is 17.0 Å². The third-order valence-electron chi connectivity index (χ3n) is 6.96. The highest BCUT2D eigenvalue weighted by atomic mass is 19.4. The fourth-order valence-electron chi connectivity index (χ4n) is 4.88. The summed E-state index contributed by atoms with van der Waals surface area (Å²) in [5.41, 5.74) is 6.87. The zero-order valence-electron chi connectivity index (χ0n) is 21.7. The van der Waals surface area contributed by atoms with Crippen LogP contribution in [0.4, 0.5) is 23.4 Å². The van der Waals surface area contributed by atoms with Crippen LogP contribution in [0.1, 0.15) is 40.4 Å². The lowest BCUT2D eigenvalue weighted by molar-refractivity contribution is -0.140. The van der Waals surface area contributed by atoms with Crippen molar-refractivity contribution in [3.63, 3.8) is 0 Å². The molecule has 13 heteroatoms. The van der Waals surface area contributed by atoms with Gasteiger partial charge in [-0.3, -0.25) is 9.59 Å². The molecule has 3 N–H and O–H groups in total. The van der Waals surface area contributed by atoms with Crippen molar-refractivity contribution in [1.82, 2.24) is 30.0 Å². The van der Waals surface area contributed by atoms with Crippen LogP contribution in [0.25, 0.3) is 22.3 Å². The molecule has 5 rings (SSSR count). The molecule has 2 amide bonds. The SMILES string of the molecule is C=CC(=O)N1CCCC(n2nc(-c3ccc(CNC(=O)c4ccc(F)c(C(F)(F)F)c4)cc3)c3c(N)ncnc32)C1. The predicted octanol–water partition coefficient (Wildman–Crippen LogP) is 4.51. The van der Waals surface area contributed by atoms with E-state index in [1.165, 1.54) is 12.4 Å². The van der Waals surface area contributed by atoms with Crippen LogP contribution in [-0.2, 0) is 17.5 Å². The van der Waals surface area contributed by atoms with Gasteiger partial charge in [-0.1, -0.05) is 30.8 Å². The lowest BCUT2D eigenvalue weighted by Crippen LogP contribution is -2.40. The van der Waals surface area contributed by atoms with Crippen molar-refractivity contribution >= 4 is 28.7 Å². The number of piperidine rings is 1. The molecule has 1 atom stereocenters. The van der Waals surface area contributed by atoms with Crippen molar-refractivity contribution in [3.05, 3.63) is 84.0 Å². The highest BCUT2D eigenvalue weighted by Crippen LogP contribution is 2.34. The normalized spacial score (nSPS) is 15.6. The molecule has 0 saturated carbocycles. The molecule has 1 aliphatic heterocycles. The molecule has 4 aromatic rings. The second kappa shape index (κ2) is 11.0. The largest absolute Gasteiger partial charge is 0.419 e. The molecule has 0 radical (unpaired) electrons. The number of nitrogens with zero attached hydrogens (tertiary/aromatic N) is 5. The van der Waals surface area contributed by atoms with Crippen molar-refractivity contribution in [2.24, 2.45) is 0 Å². The van der Waals surface area contributed by atoms with Gasteiger partial charge in [-0.25, -0.2) is 19.0 Å². The average molecular weight is 568 g/mol. The van der Waals surface area contributed by atoms with Gasteiger partial charge in [0.2, 0.25) is 5.91 Å². The molecule has 1 unspecified atom stereocenters. The first kappa shape index (κ1) is 27.7. The number of benzene rings is 2. The van der Waals surface area contributed by atoms with Gasteiger partial charge in [-0.15, -0.1) is 0 Å². The smallest absolute Gasteiger partial charge is 0.383 e. The molecule has 0 bridgehead atoms. The Morgan fingerprint density at radius 1 is 1.15 bits per heavy atom. The van der Waals surface area contributed by atoms with Crippen LogP contribution in [0.5, 0.6) is 0 Å². The van der Waals surface area contributed by atoms with Gasteiger partial charge in [0.15, 0.2) is 5.65 Å². The van der Waals surface area contributed by atoms with Crippen molar-refractivity contribution in [2.45, 2.75) is 31.6 Å². The summed E-state index contributed by atoms with van der Waals surface area (Å²) in [4.78, 5) is 34.9. The number of rotatable bonds is 6. The van der Waals surface area contributed by atoms with E-state index in [0.717, 1.165) is 18.9 Å². The molecule has 3 heterocycles. The van der Waals surface area contributed by atoms with Crippen molar-refractivity contribution in [2.75, 3.05) is 18.8 Å². The Balaban J connectivity index is 1.36. The minimum absolute atomic E-state index is 0.0213. The van der Waals surface area contributed by atoms with Gasteiger partial charge < -0.3 is 16.0 Å². The standard InChI is InChI=1S/C28H25F4N7O2/c1-2-22(40)38-11-3-4-19(14-38)39-26-23(25(33)35-15-36-26)24(37-39)17-7-5-16(6-8-17)13-34-27(41)18-9-10-21(29)20(12-18)28(30,31)32/h2,5-10,12,15,19H,1,3-4,11,13-14H2,(H,34,41)(H2,33,35,36). The Labute approximate surface area is 231 Å². The van der Waals surface area contributed by atoms with E-state index >= 15 is 0 Å². The average Bonchev–Trinajstić information content (AvgIpc) is 3.36. The Morgan fingerprint density at radius 3 is 2.61 bits per heavy atom. The van der Waals surface area contributed by atoms with Crippen LogP contribution < -0.4 is 11.1 Å². The van der Waals surface area contributed by atoms with Gasteiger partial charge in [0, 0.05) is 30.8 Å². The topological polar surface area (TPSA) is 119 Å². The van der Waals surface area contributed by atoms with Gasteiger partial charge in [0.25, 0.3) is 5.91 Å². The first-order valence-electron chi connectivity index (χ1n) is 12.7. The molecular weight excluding hydrogens is 542 g/mol. The quantitative estimate of drug-likeness (QED) is 0.261. The van der Waals surface area contributed by atoms with Gasteiger partial charge in [0.1, 0.15) is 23.7 Å². The number of carbonyl (C=O) groups is 2. The highest BCUT2D eigenvalue weighted by Gasteiger charge is 2.34. The van der Waals surface area contributed by atoms with E-state index in [1.54, 1.807) is 33.8 Å². The molecule has 1 aliphatic rings. The first-order chi connectivity index (χ1) is 19.6. The summed E-state index contributed by atoms with van der Waals surface area (Å²) in [5, 5.41) is 7.94. The second-order valence-electron chi connectivity index (χ2n) is 9.61. The monoisotopic (exact) mass is 567 g/mol. The molecule has 0 spiro atoms. The van der Waals surface area contributed by atoms with Gasteiger partial charge in [-0.2, -0.15) is 18.3 Å². The summed E-state index contributed by atoms with van der Waals surface area (Å²) in [6.07, 6.45) is -0.686. The number of halogens is 4. The number of nitrogen functional groups attached to an aromatic ring is 1. The minimum Gasteiger partial charge on any atom is -0.383 e. The van der Waals surface area contributed by atoms with E-state index < -0.39 is 23.5 Å². The van der Waals surface area contributed by atoms with Crippen LogP contribution >= 0.6 is 0 Å². The van der Waals surface area contributed by atoms with Crippen molar-refractivity contribution in [3.8, 4) is 11.3 Å². The van der Waals surface area contributed by atoms with E-state index in [2.05, 4.69) is 21.9 Å². The number of hydrogen-bond acceptors (Lipinski definition) is 6. The van der Waals surface area contributed by atoms with E-state index in [-0.39, 0.29) is 29.9 Å². The summed E-state index contributed by atoms with van der Waals surface area (Å²) in [7, 11) is 0. The van der Waals surface area contributed by atoms with Gasteiger partial charge >= 0.3 is 6.18 Å². The van der Waals surface area contributed by atoms with E-state index in [1.807, 2.05) is 0 Å². The Morgan fingerprint density at radius 2 is 1.90 bits per heavy atom. The summed E-state index contributed by atoms with van der Waals surface area (Å²) >= 11 is 0. The third-order valence-corrected chi connectivity index (χ3v) is 6.96. The second-order valence-corrected chi connectivity index (χ2v) is 9.61.